The maximum Gasteiger partial charge on any atom is 0.234 e. The number of amides is 1. The lowest BCUT2D eigenvalue weighted by molar-refractivity contribution is -0.113. The first-order valence-electron chi connectivity index (χ1n) is 7.96. The maximum absolute atomic E-state index is 12.1. The molecule has 0 saturated carbocycles. The van der Waals surface area contributed by atoms with Gasteiger partial charge in [-0.15, -0.1) is 0 Å². The van der Waals surface area contributed by atoms with Gasteiger partial charge in [-0.05, 0) is 47.3 Å². The molecule has 1 N–H and O–H groups in total. The van der Waals surface area contributed by atoms with Crippen LogP contribution in [-0.4, -0.2) is 34.7 Å². The van der Waals surface area contributed by atoms with E-state index in [0.717, 1.165) is 34.1 Å². The van der Waals surface area contributed by atoms with Crippen LogP contribution in [0.5, 0.6) is 0 Å². The van der Waals surface area contributed by atoms with E-state index < -0.39 is 0 Å². The highest BCUT2D eigenvalue weighted by Gasteiger charge is 2.13. The van der Waals surface area contributed by atoms with Crippen molar-refractivity contribution in [2.75, 3.05) is 29.1 Å². The molecule has 1 amide bonds. The molecule has 126 valence electrons. The van der Waals surface area contributed by atoms with Crippen molar-refractivity contribution in [1.82, 2.24) is 9.97 Å². The Bertz CT molecular complexity index is 706. The van der Waals surface area contributed by atoms with Crippen molar-refractivity contribution in [3.8, 4) is 0 Å². The van der Waals surface area contributed by atoms with E-state index >= 15 is 0 Å². The monoisotopic (exact) mass is 406 g/mol. The molecular formula is C17H19BrN4OS. The van der Waals surface area contributed by atoms with Crippen molar-refractivity contribution in [1.29, 1.82) is 0 Å². The minimum atomic E-state index is -0.0509. The van der Waals surface area contributed by atoms with E-state index in [1.54, 1.807) is 6.33 Å². The standard InChI is InChI=1S/C17H19BrN4OS/c18-13-6-2-3-7-14(13)21-16(23)11-24-17-10-15(19-12-20-17)22-8-4-1-5-9-22/h2-3,6-7,10,12H,1,4-5,8-9,11H2,(H,21,23). The van der Waals surface area contributed by atoms with Crippen LogP contribution >= 0.6 is 27.7 Å². The number of hydrogen-bond acceptors (Lipinski definition) is 5. The number of hydrogen-bond donors (Lipinski definition) is 1. The Balaban J connectivity index is 1.56. The van der Waals surface area contributed by atoms with Gasteiger partial charge in [-0.1, -0.05) is 23.9 Å². The number of anilines is 2. The minimum absolute atomic E-state index is 0.0509. The molecule has 1 aromatic heterocycles. The zero-order valence-corrected chi connectivity index (χ0v) is 15.6. The van der Waals surface area contributed by atoms with Gasteiger partial charge in [0, 0.05) is 23.6 Å². The summed E-state index contributed by atoms with van der Waals surface area (Å²) < 4.78 is 0.873. The number of rotatable bonds is 5. The second-order valence-electron chi connectivity index (χ2n) is 5.58. The molecule has 0 radical (unpaired) electrons. The fourth-order valence-electron chi connectivity index (χ4n) is 2.59. The van der Waals surface area contributed by atoms with Gasteiger partial charge in [0.1, 0.15) is 17.2 Å². The van der Waals surface area contributed by atoms with Crippen molar-refractivity contribution in [3.05, 3.63) is 41.1 Å². The zero-order chi connectivity index (χ0) is 16.8. The smallest absolute Gasteiger partial charge is 0.234 e. The average Bonchev–Trinajstić information content (AvgIpc) is 2.63. The Morgan fingerprint density at radius 1 is 1.21 bits per heavy atom. The van der Waals surface area contributed by atoms with Crippen molar-refractivity contribution < 1.29 is 4.79 Å². The molecule has 5 nitrogen and oxygen atoms in total. The first kappa shape index (κ1) is 17.2. The van der Waals surface area contributed by atoms with Crippen LogP contribution in [0.4, 0.5) is 11.5 Å². The van der Waals surface area contributed by atoms with Crippen molar-refractivity contribution in [3.63, 3.8) is 0 Å². The lowest BCUT2D eigenvalue weighted by Crippen LogP contribution is -2.30. The summed E-state index contributed by atoms with van der Waals surface area (Å²) >= 11 is 4.85. The van der Waals surface area contributed by atoms with E-state index in [-0.39, 0.29) is 5.91 Å². The highest BCUT2D eigenvalue weighted by molar-refractivity contribution is 9.10. The molecule has 2 heterocycles. The van der Waals surface area contributed by atoms with Gasteiger partial charge in [0.15, 0.2) is 0 Å². The molecule has 0 aliphatic carbocycles. The highest BCUT2D eigenvalue weighted by Crippen LogP contribution is 2.24. The Morgan fingerprint density at radius 2 is 2.00 bits per heavy atom. The van der Waals surface area contributed by atoms with Crippen LogP contribution in [-0.2, 0) is 4.79 Å². The van der Waals surface area contributed by atoms with Gasteiger partial charge in [0.25, 0.3) is 0 Å². The molecule has 0 bridgehead atoms. The number of carbonyl (C=O) groups is 1. The van der Waals surface area contributed by atoms with Gasteiger partial charge in [-0.2, -0.15) is 0 Å². The van der Waals surface area contributed by atoms with Gasteiger partial charge < -0.3 is 10.2 Å². The summed E-state index contributed by atoms with van der Waals surface area (Å²) in [5, 5.41) is 3.72. The van der Waals surface area contributed by atoms with Crippen LogP contribution < -0.4 is 10.2 Å². The van der Waals surface area contributed by atoms with Crippen LogP contribution in [0.15, 0.2) is 46.2 Å². The van der Waals surface area contributed by atoms with Gasteiger partial charge >= 0.3 is 0 Å². The highest BCUT2D eigenvalue weighted by atomic mass is 79.9. The summed E-state index contributed by atoms with van der Waals surface area (Å²) in [4.78, 5) is 23.0. The summed E-state index contributed by atoms with van der Waals surface area (Å²) in [6.07, 6.45) is 5.29. The third-order valence-electron chi connectivity index (χ3n) is 3.81. The second-order valence-corrected chi connectivity index (χ2v) is 7.43. The maximum atomic E-state index is 12.1. The Hall–Kier alpha value is -1.60. The lowest BCUT2D eigenvalue weighted by Gasteiger charge is -2.27. The predicted molar refractivity (Wildman–Crippen MR) is 102 cm³/mol. The van der Waals surface area contributed by atoms with Crippen molar-refractivity contribution in [2.45, 2.75) is 24.3 Å². The van der Waals surface area contributed by atoms with Gasteiger partial charge in [0.05, 0.1) is 11.4 Å². The first-order chi connectivity index (χ1) is 11.7. The fraction of sp³-hybridized carbons (Fsp3) is 0.353. The lowest BCUT2D eigenvalue weighted by atomic mass is 10.1. The molecule has 2 aromatic rings. The Morgan fingerprint density at radius 3 is 2.79 bits per heavy atom. The zero-order valence-electron chi connectivity index (χ0n) is 13.2. The number of nitrogens with one attached hydrogen (secondary N) is 1. The average molecular weight is 407 g/mol. The number of carbonyl (C=O) groups excluding carboxylic acids is 1. The molecule has 24 heavy (non-hydrogen) atoms. The van der Waals surface area contributed by atoms with E-state index in [1.807, 2.05) is 30.3 Å². The summed E-state index contributed by atoms with van der Waals surface area (Å²) in [6, 6.07) is 9.55. The van der Waals surface area contributed by atoms with E-state index in [1.165, 1.54) is 31.0 Å². The number of thioether (sulfide) groups is 1. The number of aromatic nitrogens is 2. The molecule has 1 aromatic carbocycles. The number of halogens is 1. The van der Waals surface area contributed by atoms with E-state index in [9.17, 15) is 4.79 Å². The summed E-state index contributed by atoms with van der Waals surface area (Å²) in [7, 11) is 0. The van der Waals surface area contributed by atoms with Crippen LogP contribution in [0.1, 0.15) is 19.3 Å². The SMILES string of the molecule is O=C(CSc1cc(N2CCCCC2)ncn1)Nc1ccccc1Br. The number of piperidine rings is 1. The predicted octanol–water partition coefficient (Wildman–Crippen LogP) is 3.96. The number of nitrogens with zero attached hydrogens (tertiary/aromatic N) is 3. The molecule has 1 aliphatic heterocycles. The van der Waals surface area contributed by atoms with Crippen molar-refractivity contribution >= 4 is 45.1 Å². The van der Waals surface area contributed by atoms with Gasteiger partial charge in [0.2, 0.25) is 5.91 Å². The molecule has 1 fully saturated rings. The van der Waals surface area contributed by atoms with E-state index in [4.69, 9.17) is 0 Å². The summed E-state index contributed by atoms with van der Waals surface area (Å²) in [6.45, 7) is 2.09. The third-order valence-corrected chi connectivity index (χ3v) is 5.42. The quantitative estimate of drug-likeness (QED) is 0.601. The van der Waals surface area contributed by atoms with Crippen molar-refractivity contribution in [2.24, 2.45) is 0 Å². The van der Waals surface area contributed by atoms with Crippen LogP contribution in [0.25, 0.3) is 0 Å². The number of para-hydroxylation sites is 1. The molecule has 1 saturated heterocycles. The third kappa shape index (κ3) is 4.70. The largest absolute Gasteiger partial charge is 0.356 e. The fourth-order valence-corrected chi connectivity index (χ4v) is 3.64. The normalized spacial score (nSPS) is 14.5. The first-order valence-corrected chi connectivity index (χ1v) is 9.74. The van der Waals surface area contributed by atoms with E-state index in [2.05, 4.69) is 36.1 Å². The molecule has 1 aliphatic rings. The summed E-state index contributed by atoms with van der Waals surface area (Å²) in [5.41, 5.74) is 0.778. The van der Waals surface area contributed by atoms with Crippen LogP contribution in [0, 0.1) is 0 Å². The molecule has 0 spiro atoms. The topological polar surface area (TPSA) is 58.1 Å². The molecule has 3 rings (SSSR count). The second kappa shape index (κ2) is 8.48. The van der Waals surface area contributed by atoms with Crippen LogP contribution in [0.2, 0.25) is 0 Å². The Labute approximate surface area is 154 Å². The summed E-state index contributed by atoms with van der Waals surface area (Å²) in [5.74, 6) is 1.22. The van der Waals surface area contributed by atoms with Gasteiger partial charge in [-0.3, -0.25) is 4.79 Å². The molecule has 0 atom stereocenters. The van der Waals surface area contributed by atoms with Crippen LogP contribution in [0.3, 0.4) is 0 Å². The van der Waals surface area contributed by atoms with E-state index in [0.29, 0.717) is 5.75 Å². The Kier molecular flexibility index (Phi) is 6.09. The minimum Gasteiger partial charge on any atom is -0.356 e. The molecular weight excluding hydrogens is 388 g/mol. The molecule has 7 heteroatoms. The molecule has 0 unspecified atom stereocenters. The number of benzene rings is 1. The van der Waals surface area contributed by atoms with Gasteiger partial charge in [-0.25, -0.2) is 9.97 Å².